The summed E-state index contributed by atoms with van der Waals surface area (Å²) in [6, 6.07) is 0. The van der Waals surface area contributed by atoms with Gasteiger partial charge in [0.05, 0.1) is 0 Å². The van der Waals surface area contributed by atoms with Crippen LogP contribution in [0, 0.1) is 0 Å². The first kappa shape index (κ1) is 15.8. The van der Waals surface area contributed by atoms with Gasteiger partial charge in [0.25, 0.3) is 0 Å². The van der Waals surface area contributed by atoms with E-state index < -0.39 is 27.0 Å². The van der Waals surface area contributed by atoms with E-state index in [2.05, 4.69) is 4.52 Å². The van der Waals surface area contributed by atoms with Gasteiger partial charge in [-0.2, -0.15) is 0 Å². The molecule has 1 unspecified atom stereocenters. The molecule has 0 fully saturated rings. The Hall–Kier alpha value is -0.230. The minimum atomic E-state index is -5.07. The minimum absolute atomic E-state index is 0.181. The fourth-order valence-electron chi connectivity index (χ4n) is 0.999. The maximum absolute atomic E-state index is 11.1. The van der Waals surface area contributed by atoms with Crippen LogP contribution < -0.4 is 0 Å². The normalized spacial score (nSPS) is 14.6. The smallest absolute Gasteiger partial charge is 0.370 e. The highest BCUT2D eigenvalue weighted by Crippen LogP contribution is 2.47. The monoisotopic (exact) mass is 276 g/mol. The van der Waals surface area contributed by atoms with Gasteiger partial charge in [-0.05, 0) is 6.42 Å². The number of phosphoric ester groups is 1. The summed E-state index contributed by atoms with van der Waals surface area (Å²) in [5.74, 6) is -1.57. The Labute approximate surface area is 92.0 Å². The standard InChI is InChI=1S/C6H14O8P2/c1-2-3-4-5(15(8,9)10)6(7)14-16(11,12)13/h5H,2-4H2,1H3,(H2,8,9,10)(H2,11,12,13). The Bertz CT molecular complexity index is 327. The summed E-state index contributed by atoms with van der Waals surface area (Å²) in [5, 5.41) is 0. The van der Waals surface area contributed by atoms with Crippen LogP contribution in [0.1, 0.15) is 26.2 Å². The average molecular weight is 276 g/mol. The van der Waals surface area contributed by atoms with Gasteiger partial charge in [0.15, 0.2) is 5.66 Å². The molecule has 0 bridgehead atoms. The second-order valence-corrected chi connectivity index (χ2v) is 6.11. The highest BCUT2D eigenvalue weighted by atomic mass is 31.2. The largest absolute Gasteiger partial charge is 0.527 e. The summed E-state index contributed by atoms with van der Waals surface area (Å²) >= 11 is 0. The van der Waals surface area contributed by atoms with Gasteiger partial charge in [-0.1, -0.05) is 19.8 Å². The van der Waals surface area contributed by atoms with E-state index >= 15 is 0 Å². The van der Waals surface area contributed by atoms with Crippen molar-refractivity contribution in [2.24, 2.45) is 0 Å². The molecule has 0 aromatic carbocycles. The van der Waals surface area contributed by atoms with Gasteiger partial charge in [-0.25, -0.2) is 4.57 Å². The number of hydrogen-bond donors (Lipinski definition) is 4. The Morgan fingerprint density at radius 3 is 2.06 bits per heavy atom. The first-order valence-corrected chi connectivity index (χ1v) is 7.63. The third-order valence-corrected chi connectivity index (χ3v) is 3.42. The molecule has 0 aromatic heterocycles. The van der Waals surface area contributed by atoms with Crippen molar-refractivity contribution in [3.8, 4) is 0 Å². The fourth-order valence-corrected chi connectivity index (χ4v) is 2.29. The molecule has 0 spiro atoms. The lowest BCUT2D eigenvalue weighted by atomic mass is 10.2. The molecule has 0 aliphatic carbocycles. The summed E-state index contributed by atoms with van der Waals surface area (Å²) in [5.41, 5.74) is -1.82. The van der Waals surface area contributed by atoms with E-state index in [4.69, 9.17) is 19.6 Å². The zero-order chi connectivity index (χ0) is 13.0. The van der Waals surface area contributed by atoms with E-state index in [1.54, 1.807) is 6.92 Å². The molecule has 0 radical (unpaired) electrons. The Balaban J connectivity index is 4.71. The summed E-state index contributed by atoms with van der Waals surface area (Å²) in [4.78, 5) is 45.4. The number of hydrogen-bond acceptors (Lipinski definition) is 4. The van der Waals surface area contributed by atoms with Crippen molar-refractivity contribution >= 4 is 21.4 Å². The zero-order valence-corrected chi connectivity index (χ0v) is 10.3. The minimum Gasteiger partial charge on any atom is -0.370 e. The maximum atomic E-state index is 11.1. The van der Waals surface area contributed by atoms with Crippen LogP contribution in [-0.4, -0.2) is 31.2 Å². The molecule has 96 valence electrons. The van der Waals surface area contributed by atoms with E-state index in [0.717, 1.165) is 0 Å². The van der Waals surface area contributed by atoms with Crippen LogP contribution in [0.2, 0.25) is 0 Å². The van der Waals surface area contributed by atoms with Crippen LogP contribution in [0.4, 0.5) is 0 Å². The predicted molar refractivity (Wildman–Crippen MR) is 53.5 cm³/mol. The lowest BCUT2D eigenvalue weighted by Gasteiger charge is -2.16. The molecule has 0 saturated heterocycles. The SMILES string of the molecule is CCCCC(C(=O)OP(=O)(O)O)P(=O)(O)O. The molecule has 8 nitrogen and oxygen atoms in total. The lowest BCUT2D eigenvalue weighted by Crippen LogP contribution is -2.22. The van der Waals surface area contributed by atoms with Crippen LogP contribution >= 0.6 is 15.4 Å². The van der Waals surface area contributed by atoms with Crippen molar-refractivity contribution in [2.75, 3.05) is 0 Å². The number of rotatable bonds is 6. The highest BCUT2D eigenvalue weighted by Gasteiger charge is 2.39. The highest BCUT2D eigenvalue weighted by molar-refractivity contribution is 7.54. The van der Waals surface area contributed by atoms with Crippen molar-refractivity contribution in [3.05, 3.63) is 0 Å². The second-order valence-electron chi connectivity index (χ2n) is 3.15. The number of carbonyl (C=O) groups is 1. The summed E-state index contributed by atoms with van der Waals surface area (Å²) in [7, 11) is -9.84. The van der Waals surface area contributed by atoms with E-state index in [0.29, 0.717) is 12.8 Å². The van der Waals surface area contributed by atoms with Crippen molar-refractivity contribution in [1.29, 1.82) is 0 Å². The van der Waals surface area contributed by atoms with Gasteiger partial charge in [-0.3, -0.25) is 19.1 Å². The molecule has 0 aromatic rings. The molecule has 0 saturated carbocycles. The second kappa shape index (κ2) is 5.91. The third kappa shape index (κ3) is 6.37. The van der Waals surface area contributed by atoms with Gasteiger partial charge in [0.2, 0.25) is 0 Å². The van der Waals surface area contributed by atoms with Crippen LogP contribution in [0.15, 0.2) is 0 Å². The number of phosphoric acid groups is 1. The predicted octanol–water partition coefficient (Wildman–Crippen LogP) is 0.359. The molecule has 4 N–H and O–H groups in total. The first-order chi connectivity index (χ1) is 7.08. The van der Waals surface area contributed by atoms with Crippen LogP contribution in [-0.2, 0) is 18.4 Å². The van der Waals surface area contributed by atoms with Crippen LogP contribution in [0.3, 0.4) is 0 Å². The molecular weight excluding hydrogens is 262 g/mol. The summed E-state index contributed by atoms with van der Waals surface area (Å²) in [6.07, 6.45) is 0.741. The summed E-state index contributed by atoms with van der Waals surface area (Å²) in [6.45, 7) is 1.74. The lowest BCUT2D eigenvalue weighted by molar-refractivity contribution is -0.135. The van der Waals surface area contributed by atoms with Gasteiger partial charge < -0.3 is 14.3 Å². The Kier molecular flexibility index (Phi) is 5.82. The Morgan fingerprint density at radius 1 is 1.25 bits per heavy atom. The molecular formula is C6H14O8P2. The molecule has 0 amide bonds. The number of carbonyl (C=O) groups excluding carboxylic acids is 1. The third-order valence-electron chi connectivity index (χ3n) is 1.72. The molecule has 0 aliphatic heterocycles. The molecule has 1 atom stereocenters. The first-order valence-electron chi connectivity index (χ1n) is 4.42. The van der Waals surface area contributed by atoms with Gasteiger partial charge in [0, 0.05) is 0 Å². The van der Waals surface area contributed by atoms with E-state index in [1.165, 1.54) is 0 Å². The molecule has 16 heavy (non-hydrogen) atoms. The van der Waals surface area contributed by atoms with Crippen molar-refractivity contribution in [1.82, 2.24) is 0 Å². The van der Waals surface area contributed by atoms with Crippen LogP contribution in [0.5, 0.6) is 0 Å². The van der Waals surface area contributed by atoms with Gasteiger partial charge in [-0.15, -0.1) is 0 Å². The molecule has 10 heteroatoms. The van der Waals surface area contributed by atoms with Crippen molar-refractivity contribution in [3.63, 3.8) is 0 Å². The quantitative estimate of drug-likeness (QED) is 0.509. The number of unbranched alkanes of at least 4 members (excludes halogenated alkanes) is 1. The van der Waals surface area contributed by atoms with E-state index in [9.17, 15) is 13.9 Å². The molecule has 0 aliphatic rings. The topological polar surface area (TPSA) is 141 Å². The molecule has 0 rings (SSSR count). The van der Waals surface area contributed by atoms with Gasteiger partial charge >= 0.3 is 21.4 Å². The van der Waals surface area contributed by atoms with E-state index in [-0.39, 0.29) is 6.42 Å². The van der Waals surface area contributed by atoms with Gasteiger partial charge in [0.1, 0.15) is 0 Å². The van der Waals surface area contributed by atoms with Crippen LogP contribution in [0.25, 0.3) is 0 Å². The zero-order valence-electron chi connectivity index (χ0n) is 8.51. The fraction of sp³-hybridized carbons (Fsp3) is 0.833. The Morgan fingerprint density at radius 2 is 1.75 bits per heavy atom. The summed E-state index contributed by atoms with van der Waals surface area (Å²) < 4.78 is 24.9. The average Bonchev–Trinajstić information content (AvgIpc) is 1.98. The maximum Gasteiger partial charge on any atom is 0.527 e. The van der Waals surface area contributed by atoms with E-state index in [1.807, 2.05) is 0 Å². The molecule has 0 heterocycles. The van der Waals surface area contributed by atoms with Crippen molar-refractivity contribution in [2.45, 2.75) is 31.8 Å². The van der Waals surface area contributed by atoms with Crippen molar-refractivity contribution < 1.29 is 38.0 Å².